The van der Waals surface area contributed by atoms with Gasteiger partial charge in [0.2, 0.25) is 10.0 Å². The van der Waals surface area contributed by atoms with Gasteiger partial charge in [0, 0.05) is 30.9 Å². The minimum Gasteiger partial charge on any atom is -0.325 e. The summed E-state index contributed by atoms with van der Waals surface area (Å²) < 4.78 is 28.0. The summed E-state index contributed by atoms with van der Waals surface area (Å²) in [4.78, 5) is 9.40. The maximum absolute atomic E-state index is 13.2. The lowest BCUT2D eigenvalue weighted by Crippen LogP contribution is -2.39. The van der Waals surface area contributed by atoms with Gasteiger partial charge in [0.25, 0.3) is 0 Å². The first-order chi connectivity index (χ1) is 14.4. The van der Waals surface area contributed by atoms with Crippen LogP contribution in [0.4, 0.5) is 11.6 Å². The highest BCUT2D eigenvalue weighted by atomic mass is 32.2. The molecule has 8 nitrogen and oxygen atoms in total. The summed E-state index contributed by atoms with van der Waals surface area (Å²) in [5.41, 5.74) is 2.99. The third-order valence-electron chi connectivity index (χ3n) is 5.49. The maximum atomic E-state index is 13.2. The van der Waals surface area contributed by atoms with Gasteiger partial charge < -0.3 is 5.32 Å². The number of anilines is 2. The molecule has 3 aromatic rings. The number of aromatic amines is 1. The van der Waals surface area contributed by atoms with Crippen molar-refractivity contribution in [3.63, 3.8) is 0 Å². The third-order valence-corrected chi connectivity index (χ3v) is 7.62. The van der Waals surface area contributed by atoms with E-state index in [1.165, 1.54) is 0 Å². The van der Waals surface area contributed by atoms with Gasteiger partial charge in [0.1, 0.15) is 16.5 Å². The van der Waals surface area contributed by atoms with Crippen LogP contribution in [0.3, 0.4) is 0 Å². The minimum atomic E-state index is -3.60. The molecule has 1 aliphatic rings. The number of nitrogens with zero attached hydrogens (tertiary/aromatic N) is 4. The predicted octanol–water partition coefficient (Wildman–Crippen LogP) is 3.44. The van der Waals surface area contributed by atoms with Crippen LogP contribution in [0.5, 0.6) is 0 Å². The first kappa shape index (κ1) is 20.5. The second-order valence-corrected chi connectivity index (χ2v) is 9.58. The lowest BCUT2D eigenvalue weighted by Gasteiger charge is -2.31. The van der Waals surface area contributed by atoms with E-state index in [9.17, 15) is 8.42 Å². The quantitative estimate of drug-likeness (QED) is 0.648. The molecule has 4 heterocycles. The van der Waals surface area contributed by atoms with Gasteiger partial charge in [-0.2, -0.15) is 9.40 Å². The molecule has 158 valence electrons. The summed E-state index contributed by atoms with van der Waals surface area (Å²) >= 11 is 0. The largest absolute Gasteiger partial charge is 0.325 e. The summed E-state index contributed by atoms with van der Waals surface area (Å²) in [5, 5.41) is 10.1. The summed E-state index contributed by atoms with van der Waals surface area (Å²) in [5.74, 6) is 1.50. The van der Waals surface area contributed by atoms with E-state index in [4.69, 9.17) is 4.98 Å². The molecule has 1 saturated heterocycles. The van der Waals surface area contributed by atoms with Gasteiger partial charge in [0.05, 0.1) is 11.4 Å². The van der Waals surface area contributed by atoms with Crippen molar-refractivity contribution >= 4 is 21.7 Å². The molecule has 0 bridgehead atoms. The smallest absolute Gasteiger partial charge is 0.246 e. The Morgan fingerprint density at radius 3 is 2.73 bits per heavy atom. The summed E-state index contributed by atoms with van der Waals surface area (Å²) in [6.07, 6.45) is 3.43. The molecule has 0 amide bonds. The maximum Gasteiger partial charge on any atom is 0.246 e. The fourth-order valence-corrected chi connectivity index (χ4v) is 5.79. The highest BCUT2D eigenvalue weighted by molar-refractivity contribution is 7.89. The van der Waals surface area contributed by atoms with Crippen molar-refractivity contribution < 1.29 is 8.42 Å². The van der Waals surface area contributed by atoms with E-state index in [-0.39, 0.29) is 10.8 Å². The Morgan fingerprint density at radius 1 is 1.17 bits per heavy atom. The Bertz CT molecular complexity index is 1140. The van der Waals surface area contributed by atoms with Gasteiger partial charge >= 0.3 is 0 Å². The molecule has 0 radical (unpaired) electrons. The van der Waals surface area contributed by atoms with Gasteiger partial charge in [-0.05, 0) is 57.4 Å². The third kappa shape index (κ3) is 3.95. The summed E-state index contributed by atoms with van der Waals surface area (Å²) in [7, 11) is -3.60. The van der Waals surface area contributed by atoms with E-state index in [1.807, 2.05) is 37.3 Å². The lowest BCUT2D eigenvalue weighted by molar-refractivity contribution is 0.312. The van der Waals surface area contributed by atoms with Gasteiger partial charge in [-0.25, -0.2) is 18.4 Å². The number of aromatic nitrogens is 4. The van der Waals surface area contributed by atoms with Crippen LogP contribution in [0.15, 0.2) is 41.4 Å². The second kappa shape index (κ2) is 8.16. The van der Waals surface area contributed by atoms with E-state index < -0.39 is 10.0 Å². The van der Waals surface area contributed by atoms with E-state index in [0.717, 1.165) is 29.9 Å². The van der Waals surface area contributed by atoms with Gasteiger partial charge in [-0.3, -0.25) is 5.10 Å². The monoisotopic (exact) mass is 426 g/mol. The van der Waals surface area contributed by atoms with Crippen molar-refractivity contribution in [3.05, 3.63) is 59.2 Å². The fraction of sp³-hybridized carbons (Fsp3) is 0.381. The number of hydrogen-bond acceptors (Lipinski definition) is 6. The van der Waals surface area contributed by atoms with Crippen LogP contribution in [-0.2, 0) is 10.0 Å². The van der Waals surface area contributed by atoms with Gasteiger partial charge in [-0.1, -0.05) is 12.1 Å². The number of piperidine rings is 1. The molecule has 3 aromatic heterocycles. The fourth-order valence-electron chi connectivity index (χ4n) is 3.94. The molecule has 1 aliphatic heterocycles. The number of aryl methyl sites for hydroxylation is 3. The molecule has 2 N–H and O–H groups in total. The standard InChI is InChI=1S/C21H26N6O2S/c1-14-7-5-11-22-21(14)24-19-10-4-9-18(23-19)17-8-6-12-27(13-17)30(28,29)20-15(2)25-26-16(20)3/h4-5,7,9-11,17H,6,8,12-13H2,1-3H3,(H,25,26)(H,22,23,24)/t17-/m1/s1. The normalized spacial score (nSPS) is 17.8. The van der Waals surface area contributed by atoms with Gasteiger partial charge in [0.15, 0.2) is 0 Å². The Kier molecular flexibility index (Phi) is 5.57. The molecule has 0 saturated carbocycles. The molecular formula is C21H26N6O2S. The van der Waals surface area contributed by atoms with Gasteiger partial charge in [-0.15, -0.1) is 0 Å². The Morgan fingerprint density at radius 2 is 2.00 bits per heavy atom. The van der Waals surface area contributed by atoms with Crippen LogP contribution in [0.1, 0.15) is 41.4 Å². The first-order valence-electron chi connectivity index (χ1n) is 10.0. The average Bonchev–Trinajstić information content (AvgIpc) is 3.09. The molecule has 0 aliphatic carbocycles. The Labute approximate surface area is 176 Å². The molecule has 9 heteroatoms. The minimum absolute atomic E-state index is 0.0348. The average molecular weight is 427 g/mol. The van der Waals surface area contributed by atoms with Crippen LogP contribution >= 0.6 is 0 Å². The van der Waals surface area contributed by atoms with Crippen molar-refractivity contribution in [1.29, 1.82) is 0 Å². The highest BCUT2D eigenvalue weighted by Gasteiger charge is 2.34. The SMILES string of the molecule is Cc1cccnc1Nc1cccc([C@@H]2CCCN(S(=O)(=O)c3c(C)n[nH]c3C)C2)n1. The summed E-state index contributed by atoms with van der Waals surface area (Å²) in [6.45, 7) is 6.36. The van der Waals surface area contributed by atoms with Crippen molar-refractivity contribution in [2.24, 2.45) is 0 Å². The van der Waals surface area contributed by atoms with E-state index in [0.29, 0.717) is 30.3 Å². The molecule has 1 atom stereocenters. The van der Waals surface area contributed by atoms with E-state index in [1.54, 1.807) is 24.3 Å². The van der Waals surface area contributed by atoms with Crippen molar-refractivity contribution in [2.45, 2.75) is 44.4 Å². The summed E-state index contributed by atoms with van der Waals surface area (Å²) in [6, 6.07) is 9.69. The number of pyridine rings is 2. The van der Waals surface area contributed by atoms with Crippen molar-refractivity contribution in [2.75, 3.05) is 18.4 Å². The molecule has 1 fully saturated rings. The topological polar surface area (TPSA) is 104 Å². The Hall–Kier alpha value is -2.78. The molecule has 30 heavy (non-hydrogen) atoms. The first-order valence-corrected chi connectivity index (χ1v) is 11.5. The molecular weight excluding hydrogens is 400 g/mol. The van der Waals surface area contributed by atoms with E-state index in [2.05, 4.69) is 20.5 Å². The second-order valence-electron chi connectivity index (χ2n) is 7.71. The van der Waals surface area contributed by atoms with Crippen LogP contribution < -0.4 is 5.32 Å². The molecule has 4 rings (SSSR count). The molecule has 0 aromatic carbocycles. The predicted molar refractivity (Wildman–Crippen MR) is 115 cm³/mol. The van der Waals surface area contributed by atoms with Crippen molar-refractivity contribution in [3.8, 4) is 0 Å². The Balaban J connectivity index is 1.56. The number of rotatable bonds is 5. The number of sulfonamides is 1. The zero-order chi connectivity index (χ0) is 21.3. The van der Waals surface area contributed by atoms with Crippen molar-refractivity contribution in [1.82, 2.24) is 24.5 Å². The van der Waals surface area contributed by atoms with Crippen LogP contribution in [0.2, 0.25) is 0 Å². The van der Waals surface area contributed by atoms with Crippen LogP contribution in [0.25, 0.3) is 0 Å². The number of hydrogen-bond donors (Lipinski definition) is 2. The lowest BCUT2D eigenvalue weighted by atomic mass is 9.95. The zero-order valence-corrected chi connectivity index (χ0v) is 18.2. The highest BCUT2D eigenvalue weighted by Crippen LogP contribution is 2.31. The number of H-pyrrole nitrogens is 1. The molecule has 0 spiro atoms. The molecule has 0 unspecified atom stereocenters. The number of nitrogens with one attached hydrogen (secondary N) is 2. The van der Waals surface area contributed by atoms with Crippen LogP contribution in [0, 0.1) is 20.8 Å². The van der Waals surface area contributed by atoms with Crippen LogP contribution in [-0.4, -0.2) is 46.0 Å². The van der Waals surface area contributed by atoms with E-state index >= 15 is 0 Å². The zero-order valence-electron chi connectivity index (χ0n) is 17.4.